The predicted molar refractivity (Wildman–Crippen MR) is 73.9 cm³/mol. The maximum atomic E-state index is 12.0. The number of amides is 2. The molecule has 2 rings (SSSR count). The van der Waals surface area contributed by atoms with Crippen LogP contribution in [0.2, 0.25) is 0 Å². The Hall–Kier alpha value is -2.24. The summed E-state index contributed by atoms with van der Waals surface area (Å²) in [5.74, 6) is -0.510. The number of anilines is 1. The second-order valence-corrected chi connectivity index (χ2v) is 5.06. The zero-order valence-corrected chi connectivity index (χ0v) is 11.5. The summed E-state index contributed by atoms with van der Waals surface area (Å²) < 4.78 is 5.12. The van der Waals surface area contributed by atoms with Crippen molar-refractivity contribution in [1.82, 2.24) is 5.32 Å². The summed E-state index contributed by atoms with van der Waals surface area (Å²) in [5.41, 5.74) is -0.734. The van der Waals surface area contributed by atoms with Crippen molar-refractivity contribution in [2.75, 3.05) is 12.4 Å². The van der Waals surface area contributed by atoms with Gasteiger partial charge in [0, 0.05) is 0 Å². The third-order valence-electron chi connectivity index (χ3n) is 3.57. The van der Waals surface area contributed by atoms with E-state index in [1.54, 1.807) is 24.3 Å². The highest BCUT2D eigenvalue weighted by atomic mass is 16.5. The topological polar surface area (TPSA) is 87.7 Å². The van der Waals surface area contributed by atoms with Crippen molar-refractivity contribution in [2.24, 2.45) is 5.92 Å². The van der Waals surface area contributed by atoms with Gasteiger partial charge in [-0.3, -0.25) is 0 Å². The molecule has 6 heteroatoms. The number of urea groups is 1. The number of ether oxygens (including phenoxy) is 1. The number of para-hydroxylation sites is 2. The molecule has 1 aromatic carbocycles. The summed E-state index contributed by atoms with van der Waals surface area (Å²) >= 11 is 0. The smallest absolute Gasteiger partial charge is 0.329 e. The first-order valence-electron chi connectivity index (χ1n) is 6.43. The average Bonchev–Trinajstić information content (AvgIpc) is 3.23. The van der Waals surface area contributed by atoms with Crippen LogP contribution >= 0.6 is 0 Å². The van der Waals surface area contributed by atoms with Crippen molar-refractivity contribution in [3.05, 3.63) is 24.3 Å². The molecule has 1 saturated carbocycles. The lowest BCUT2D eigenvalue weighted by Crippen LogP contribution is -2.55. The Morgan fingerprint density at radius 2 is 2.00 bits per heavy atom. The second-order valence-electron chi connectivity index (χ2n) is 5.06. The lowest BCUT2D eigenvalue weighted by molar-refractivity contribution is -0.144. The first kappa shape index (κ1) is 14.2. The molecule has 1 fully saturated rings. The molecular formula is C14H18N2O4. The molecule has 1 aliphatic carbocycles. The number of hydrogen-bond donors (Lipinski definition) is 3. The summed E-state index contributed by atoms with van der Waals surface area (Å²) in [5, 5.41) is 14.5. The fourth-order valence-corrected chi connectivity index (χ4v) is 2.13. The molecule has 1 unspecified atom stereocenters. The Kier molecular flexibility index (Phi) is 3.83. The molecule has 108 valence electrons. The van der Waals surface area contributed by atoms with Crippen LogP contribution in [-0.2, 0) is 4.79 Å². The van der Waals surface area contributed by atoms with Gasteiger partial charge in [-0.2, -0.15) is 0 Å². The van der Waals surface area contributed by atoms with Gasteiger partial charge in [0.25, 0.3) is 0 Å². The molecule has 6 nitrogen and oxygen atoms in total. The number of aliphatic carboxylic acids is 1. The van der Waals surface area contributed by atoms with Crippen LogP contribution in [0.15, 0.2) is 24.3 Å². The largest absolute Gasteiger partial charge is 0.495 e. The highest BCUT2D eigenvalue weighted by Gasteiger charge is 2.48. The van der Waals surface area contributed by atoms with Gasteiger partial charge >= 0.3 is 12.0 Å². The standard InChI is InChI=1S/C14H18N2O4/c1-14(12(17)18,9-7-8-9)16-13(19)15-10-5-3-4-6-11(10)20-2/h3-6,9H,7-8H2,1-2H3,(H,17,18)(H2,15,16,19). The molecule has 0 bridgehead atoms. The van der Waals surface area contributed by atoms with Crippen LogP contribution in [0.1, 0.15) is 19.8 Å². The Bertz CT molecular complexity index is 528. The van der Waals surface area contributed by atoms with E-state index in [-0.39, 0.29) is 5.92 Å². The van der Waals surface area contributed by atoms with Crippen molar-refractivity contribution in [3.8, 4) is 5.75 Å². The van der Waals surface area contributed by atoms with Crippen LogP contribution in [0.25, 0.3) is 0 Å². The van der Waals surface area contributed by atoms with Gasteiger partial charge in [0.2, 0.25) is 0 Å². The summed E-state index contributed by atoms with van der Waals surface area (Å²) in [4.78, 5) is 23.3. The Labute approximate surface area is 117 Å². The molecular weight excluding hydrogens is 260 g/mol. The van der Waals surface area contributed by atoms with Crippen molar-refractivity contribution >= 4 is 17.7 Å². The monoisotopic (exact) mass is 278 g/mol. The van der Waals surface area contributed by atoms with Gasteiger partial charge in [-0.25, -0.2) is 9.59 Å². The van der Waals surface area contributed by atoms with E-state index in [1.165, 1.54) is 14.0 Å². The molecule has 0 spiro atoms. The van der Waals surface area contributed by atoms with Crippen molar-refractivity contribution in [2.45, 2.75) is 25.3 Å². The van der Waals surface area contributed by atoms with Gasteiger partial charge in [0.05, 0.1) is 12.8 Å². The minimum Gasteiger partial charge on any atom is -0.495 e. The molecule has 3 N–H and O–H groups in total. The zero-order valence-electron chi connectivity index (χ0n) is 11.5. The van der Waals surface area contributed by atoms with Crippen molar-refractivity contribution < 1.29 is 19.4 Å². The number of nitrogens with one attached hydrogen (secondary N) is 2. The first-order valence-corrected chi connectivity index (χ1v) is 6.43. The quantitative estimate of drug-likeness (QED) is 0.769. The van der Waals surface area contributed by atoms with Gasteiger partial charge in [0.15, 0.2) is 0 Å². The molecule has 0 saturated heterocycles. The van der Waals surface area contributed by atoms with Gasteiger partial charge in [-0.05, 0) is 37.8 Å². The van der Waals surface area contributed by atoms with Crippen LogP contribution in [0.5, 0.6) is 5.75 Å². The molecule has 20 heavy (non-hydrogen) atoms. The van der Waals surface area contributed by atoms with Gasteiger partial charge in [0.1, 0.15) is 11.3 Å². The van der Waals surface area contributed by atoms with E-state index in [2.05, 4.69) is 10.6 Å². The SMILES string of the molecule is COc1ccccc1NC(=O)NC(C)(C(=O)O)C1CC1. The lowest BCUT2D eigenvalue weighted by atomic mass is 9.96. The summed E-state index contributed by atoms with van der Waals surface area (Å²) in [6.45, 7) is 1.54. The van der Waals surface area contributed by atoms with Gasteiger partial charge < -0.3 is 20.5 Å². The maximum absolute atomic E-state index is 12.0. The molecule has 1 atom stereocenters. The van der Waals surface area contributed by atoms with Crippen LogP contribution in [-0.4, -0.2) is 29.8 Å². The van der Waals surface area contributed by atoms with E-state index in [4.69, 9.17) is 4.74 Å². The number of carbonyl (C=O) groups is 2. The molecule has 1 aliphatic rings. The lowest BCUT2D eigenvalue weighted by Gasteiger charge is -2.26. The maximum Gasteiger partial charge on any atom is 0.329 e. The van der Waals surface area contributed by atoms with Crippen LogP contribution in [0, 0.1) is 5.92 Å². The van der Waals surface area contributed by atoms with E-state index in [1.807, 2.05) is 0 Å². The third kappa shape index (κ3) is 2.84. The second kappa shape index (κ2) is 5.40. The van der Waals surface area contributed by atoms with E-state index in [0.29, 0.717) is 11.4 Å². The molecule has 0 aromatic heterocycles. The summed E-state index contributed by atoms with van der Waals surface area (Å²) in [7, 11) is 1.50. The predicted octanol–water partition coefficient (Wildman–Crippen LogP) is 2.07. The Morgan fingerprint density at radius 3 is 2.55 bits per heavy atom. The zero-order chi connectivity index (χ0) is 14.8. The first-order chi connectivity index (χ1) is 9.47. The van der Waals surface area contributed by atoms with Crippen LogP contribution < -0.4 is 15.4 Å². The van der Waals surface area contributed by atoms with E-state index >= 15 is 0 Å². The third-order valence-corrected chi connectivity index (χ3v) is 3.57. The summed E-state index contributed by atoms with van der Waals surface area (Å²) in [6.07, 6.45) is 1.63. The van der Waals surface area contributed by atoms with Gasteiger partial charge in [-0.1, -0.05) is 12.1 Å². The summed E-state index contributed by atoms with van der Waals surface area (Å²) in [6, 6.07) is 6.40. The number of hydrogen-bond acceptors (Lipinski definition) is 3. The van der Waals surface area contributed by atoms with E-state index < -0.39 is 17.5 Å². The van der Waals surface area contributed by atoms with Crippen molar-refractivity contribution in [1.29, 1.82) is 0 Å². The van der Waals surface area contributed by atoms with Crippen LogP contribution in [0.3, 0.4) is 0 Å². The highest BCUT2D eigenvalue weighted by molar-refractivity contribution is 5.95. The fraction of sp³-hybridized carbons (Fsp3) is 0.429. The fourth-order valence-electron chi connectivity index (χ4n) is 2.13. The molecule has 0 aliphatic heterocycles. The number of carboxylic acid groups (broad SMARTS) is 1. The Morgan fingerprint density at radius 1 is 1.35 bits per heavy atom. The average molecular weight is 278 g/mol. The highest BCUT2D eigenvalue weighted by Crippen LogP contribution is 2.39. The number of carbonyl (C=O) groups excluding carboxylic acids is 1. The molecule has 1 aromatic rings. The van der Waals surface area contributed by atoms with Crippen molar-refractivity contribution in [3.63, 3.8) is 0 Å². The number of methoxy groups -OCH3 is 1. The number of benzene rings is 1. The minimum absolute atomic E-state index is 0.0107. The molecule has 2 amide bonds. The number of carboxylic acids is 1. The number of rotatable bonds is 5. The minimum atomic E-state index is -1.23. The molecule has 0 heterocycles. The Balaban J connectivity index is 2.07. The van der Waals surface area contributed by atoms with E-state index in [9.17, 15) is 14.7 Å². The molecule has 0 radical (unpaired) electrons. The van der Waals surface area contributed by atoms with E-state index in [0.717, 1.165) is 12.8 Å². The van der Waals surface area contributed by atoms with Gasteiger partial charge in [-0.15, -0.1) is 0 Å². The normalized spacial score (nSPS) is 16.9. The van der Waals surface area contributed by atoms with Crippen LogP contribution in [0.4, 0.5) is 10.5 Å².